The van der Waals surface area contributed by atoms with Crippen LogP contribution in [0.4, 0.5) is 10.6 Å². The summed E-state index contributed by atoms with van der Waals surface area (Å²) in [6.07, 6.45) is 0.213. The predicted molar refractivity (Wildman–Crippen MR) is 111 cm³/mol. The molecule has 2 amide bonds. The summed E-state index contributed by atoms with van der Waals surface area (Å²) in [5.41, 5.74) is 1.10. The van der Waals surface area contributed by atoms with Crippen LogP contribution in [0.15, 0.2) is 24.3 Å². The van der Waals surface area contributed by atoms with Gasteiger partial charge in [0, 0.05) is 25.6 Å². The second-order valence-electron chi connectivity index (χ2n) is 8.04. The molecule has 1 aliphatic rings. The van der Waals surface area contributed by atoms with Crippen LogP contribution in [0.5, 0.6) is 11.5 Å². The standard InChI is InChI=1S/C21H28N4O5/c1-21(2,3)30-20(27)25-11-10-15-14(12-25)19(24(4)23-15)22-18(26)13-29-17-9-7-6-8-16(17)28-5/h6-9H,10-13H2,1-5H3,(H,22,26). The summed E-state index contributed by atoms with van der Waals surface area (Å²) in [6, 6.07) is 7.12. The molecule has 0 bridgehead atoms. The molecule has 9 heteroatoms. The Morgan fingerprint density at radius 3 is 2.57 bits per heavy atom. The van der Waals surface area contributed by atoms with Crippen molar-refractivity contribution in [2.45, 2.75) is 39.3 Å². The molecule has 162 valence electrons. The van der Waals surface area contributed by atoms with Crippen molar-refractivity contribution < 1.29 is 23.8 Å². The van der Waals surface area contributed by atoms with Crippen LogP contribution in [0.3, 0.4) is 0 Å². The van der Waals surface area contributed by atoms with Crippen LogP contribution in [0.2, 0.25) is 0 Å². The molecule has 0 radical (unpaired) electrons. The third kappa shape index (κ3) is 5.03. The van der Waals surface area contributed by atoms with Gasteiger partial charge in [0.05, 0.1) is 19.3 Å². The number of aromatic nitrogens is 2. The molecule has 3 rings (SSSR count). The molecule has 1 N–H and O–H groups in total. The highest BCUT2D eigenvalue weighted by Crippen LogP contribution is 2.28. The summed E-state index contributed by atoms with van der Waals surface area (Å²) in [5, 5.41) is 7.33. The lowest BCUT2D eigenvalue weighted by Crippen LogP contribution is -2.40. The number of rotatable bonds is 5. The third-order valence-electron chi connectivity index (χ3n) is 4.53. The molecule has 0 unspecified atom stereocenters. The monoisotopic (exact) mass is 416 g/mol. The van der Waals surface area contributed by atoms with Crippen molar-refractivity contribution >= 4 is 17.8 Å². The topological polar surface area (TPSA) is 94.9 Å². The maximum absolute atomic E-state index is 12.5. The van der Waals surface area contributed by atoms with E-state index in [9.17, 15) is 9.59 Å². The molecule has 0 saturated heterocycles. The van der Waals surface area contributed by atoms with Crippen LogP contribution >= 0.6 is 0 Å². The average Bonchev–Trinajstić information content (AvgIpc) is 2.99. The lowest BCUT2D eigenvalue weighted by atomic mass is 10.1. The van der Waals surface area contributed by atoms with Crippen LogP contribution in [0.1, 0.15) is 32.0 Å². The minimum Gasteiger partial charge on any atom is -0.493 e. The van der Waals surface area contributed by atoms with Gasteiger partial charge in [-0.25, -0.2) is 4.79 Å². The molecule has 0 fully saturated rings. The zero-order chi connectivity index (χ0) is 21.9. The molecule has 0 aliphatic carbocycles. The van der Waals surface area contributed by atoms with E-state index in [1.807, 2.05) is 26.8 Å². The third-order valence-corrected chi connectivity index (χ3v) is 4.53. The molecule has 9 nitrogen and oxygen atoms in total. The minimum atomic E-state index is -0.570. The Morgan fingerprint density at radius 2 is 1.90 bits per heavy atom. The first-order chi connectivity index (χ1) is 14.2. The number of anilines is 1. The maximum Gasteiger partial charge on any atom is 0.410 e. The fourth-order valence-electron chi connectivity index (χ4n) is 3.19. The predicted octanol–water partition coefficient (Wildman–Crippen LogP) is 2.74. The van der Waals surface area contributed by atoms with Crippen molar-refractivity contribution in [1.29, 1.82) is 0 Å². The van der Waals surface area contributed by atoms with Gasteiger partial charge in [0.25, 0.3) is 5.91 Å². The normalized spacial score (nSPS) is 13.4. The first-order valence-corrected chi connectivity index (χ1v) is 9.76. The summed E-state index contributed by atoms with van der Waals surface area (Å²) in [6.45, 7) is 6.15. The number of benzene rings is 1. The van der Waals surface area contributed by atoms with Gasteiger partial charge < -0.3 is 24.4 Å². The van der Waals surface area contributed by atoms with Crippen molar-refractivity contribution in [2.24, 2.45) is 7.05 Å². The van der Waals surface area contributed by atoms with E-state index in [-0.39, 0.29) is 18.6 Å². The molecule has 2 heterocycles. The second-order valence-corrected chi connectivity index (χ2v) is 8.04. The molecule has 30 heavy (non-hydrogen) atoms. The van der Waals surface area contributed by atoms with E-state index < -0.39 is 5.60 Å². The molecule has 0 atom stereocenters. The summed E-state index contributed by atoms with van der Waals surface area (Å²) >= 11 is 0. The fourth-order valence-corrected chi connectivity index (χ4v) is 3.19. The van der Waals surface area contributed by atoms with E-state index in [1.165, 1.54) is 0 Å². The molecule has 1 aromatic heterocycles. The smallest absolute Gasteiger partial charge is 0.410 e. The molecular weight excluding hydrogens is 388 g/mol. The van der Waals surface area contributed by atoms with E-state index in [2.05, 4.69) is 10.4 Å². The number of aryl methyl sites for hydroxylation is 1. The van der Waals surface area contributed by atoms with Crippen LogP contribution in [0, 0.1) is 0 Å². The van der Waals surface area contributed by atoms with E-state index >= 15 is 0 Å². The van der Waals surface area contributed by atoms with Gasteiger partial charge in [-0.2, -0.15) is 5.10 Å². The Morgan fingerprint density at radius 1 is 1.20 bits per heavy atom. The Hall–Kier alpha value is -3.23. The zero-order valence-electron chi connectivity index (χ0n) is 18.0. The van der Waals surface area contributed by atoms with Crippen LogP contribution < -0.4 is 14.8 Å². The summed E-state index contributed by atoms with van der Waals surface area (Å²) in [7, 11) is 3.30. The van der Waals surface area contributed by atoms with E-state index in [0.717, 1.165) is 11.3 Å². The number of nitrogens with zero attached hydrogens (tertiary/aromatic N) is 3. The second kappa shape index (κ2) is 8.64. The molecule has 1 aromatic carbocycles. The van der Waals surface area contributed by atoms with Gasteiger partial charge >= 0.3 is 6.09 Å². The number of nitrogens with one attached hydrogen (secondary N) is 1. The van der Waals surface area contributed by atoms with Gasteiger partial charge in [0.15, 0.2) is 18.1 Å². The lowest BCUT2D eigenvalue weighted by molar-refractivity contribution is -0.118. The number of hydrogen-bond acceptors (Lipinski definition) is 6. The number of amides is 2. The van der Waals surface area contributed by atoms with Crippen molar-refractivity contribution in [3.8, 4) is 11.5 Å². The van der Waals surface area contributed by atoms with Gasteiger partial charge in [0.2, 0.25) is 0 Å². The Labute approximate surface area is 175 Å². The highest BCUT2D eigenvalue weighted by Gasteiger charge is 2.30. The van der Waals surface area contributed by atoms with Crippen molar-refractivity contribution in [1.82, 2.24) is 14.7 Å². The number of methoxy groups -OCH3 is 1. The van der Waals surface area contributed by atoms with Gasteiger partial charge in [-0.3, -0.25) is 9.48 Å². The van der Waals surface area contributed by atoms with Crippen LogP contribution in [-0.4, -0.2) is 52.5 Å². The molecular formula is C21H28N4O5. The van der Waals surface area contributed by atoms with Crippen molar-refractivity contribution in [2.75, 3.05) is 25.6 Å². The summed E-state index contributed by atoms with van der Waals surface area (Å²) < 4.78 is 17.9. The lowest BCUT2D eigenvalue weighted by Gasteiger charge is -2.29. The molecule has 0 saturated carbocycles. The largest absolute Gasteiger partial charge is 0.493 e. The Kier molecular flexibility index (Phi) is 6.19. The number of carbonyl (C=O) groups is 2. The van der Waals surface area contributed by atoms with E-state index in [0.29, 0.717) is 36.8 Å². The zero-order valence-corrected chi connectivity index (χ0v) is 18.0. The van der Waals surface area contributed by atoms with Crippen molar-refractivity contribution in [3.63, 3.8) is 0 Å². The van der Waals surface area contributed by atoms with E-state index in [1.54, 1.807) is 41.9 Å². The average molecular weight is 416 g/mol. The van der Waals surface area contributed by atoms with Gasteiger partial charge in [-0.1, -0.05) is 12.1 Å². The maximum atomic E-state index is 12.5. The number of carbonyl (C=O) groups excluding carboxylic acids is 2. The molecule has 1 aliphatic heterocycles. The quantitative estimate of drug-likeness (QED) is 0.805. The Balaban J connectivity index is 1.67. The molecule has 2 aromatic rings. The van der Waals surface area contributed by atoms with Gasteiger partial charge in [-0.05, 0) is 32.9 Å². The van der Waals surface area contributed by atoms with Crippen molar-refractivity contribution in [3.05, 3.63) is 35.5 Å². The first-order valence-electron chi connectivity index (χ1n) is 9.76. The highest BCUT2D eigenvalue weighted by atomic mass is 16.6. The first kappa shape index (κ1) is 21.5. The van der Waals surface area contributed by atoms with Gasteiger partial charge in [-0.15, -0.1) is 0 Å². The number of para-hydroxylation sites is 2. The highest BCUT2D eigenvalue weighted by molar-refractivity contribution is 5.92. The molecule has 0 spiro atoms. The summed E-state index contributed by atoms with van der Waals surface area (Å²) in [5.74, 6) is 1.25. The fraction of sp³-hybridized carbons (Fsp3) is 0.476. The minimum absolute atomic E-state index is 0.184. The summed E-state index contributed by atoms with van der Waals surface area (Å²) in [4.78, 5) is 26.6. The van der Waals surface area contributed by atoms with Crippen LogP contribution in [-0.2, 0) is 29.5 Å². The number of ether oxygens (including phenoxy) is 3. The number of hydrogen-bond donors (Lipinski definition) is 1. The van der Waals surface area contributed by atoms with E-state index in [4.69, 9.17) is 14.2 Å². The van der Waals surface area contributed by atoms with Gasteiger partial charge in [0.1, 0.15) is 11.4 Å². The number of fused-ring (bicyclic) bond motifs is 1. The SMILES string of the molecule is COc1ccccc1OCC(=O)Nc1c2c(nn1C)CCN(C(=O)OC(C)(C)C)C2. The van der Waals surface area contributed by atoms with Crippen LogP contribution in [0.25, 0.3) is 0 Å². The Bertz CT molecular complexity index is 932.